The second kappa shape index (κ2) is 5.94. The standard InChI is InChI=1S/C10H13N3O2/c1-3-14-7-8(2)15-10-9(6-11)4-5-12-13-10/h4-5,8H,3,7H2,1-2H3. The lowest BCUT2D eigenvalue weighted by molar-refractivity contribution is 0.0626. The highest BCUT2D eigenvalue weighted by molar-refractivity contribution is 5.35. The Bertz CT molecular complexity index is 349. The van der Waals surface area contributed by atoms with Crippen LogP contribution in [0.1, 0.15) is 19.4 Å². The molecule has 0 aliphatic heterocycles. The average Bonchev–Trinajstić information content (AvgIpc) is 2.27. The smallest absolute Gasteiger partial charge is 0.251 e. The van der Waals surface area contributed by atoms with Crippen LogP contribution >= 0.6 is 0 Å². The van der Waals surface area contributed by atoms with Crippen molar-refractivity contribution >= 4 is 0 Å². The van der Waals surface area contributed by atoms with Gasteiger partial charge in [-0.15, -0.1) is 5.10 Å². The van der Waals surface area contributed by atoms with Crippen molar-refractivity contribution in [2.45, 2.75) is 20.0 Å². The number of hydrogen-bond acceptors (Lipinski definition) is 5. The quantitative estimate of drug-likeness (QED) is 0.724. The first-order chi connectivity index (χ1) is 7.27. The van der Waals surface area contributed by atoms with Gasteiger partial charge in [-0.1, -0.05) is 0 Å². The molecular formula is C10H13N3O2. The maximum absolute atomic E-state index is 8.78. The molecule has 1 atom stereocenters. The van der Waals surface area contributed by atoms with E-state index in [9.17, 15) is 0 Å². The fourth-order valence-electron chi connectivity index (χ4n) is 0.999. The zero-order valence-electron chi connectivity index (χ0n) is 8.80. The summed E-state index contributed by atoms with van der Waals surface area (Å²) in [5.74, 6) is 0.257. The predicted molar refractivity (Wildman–Crippen MR) is 53.3 cm³/mol. The molecule has 1 heterocycles. The molecule has 1 unspecified atom stereocenters. The van der Waals surface area contributed by atoms with Gasteiger partial charge in [0, 0.05) is 6.61 Å². The molecule has 5 heteroatoms. The van der Waals surface area contributed by atoms with E-state index in [0.29, 0.717) is 18.8 Å². The van der Waals surface area contributed by atoms with Gasteiger partial charge < -0.3 is 9.47 Å². The minimum Gasteiger partial charge on any atom is -0.470 e. The number of nitriles is 1. The van der Waals surface area contributed by atoms with Gasteiger partial charge in [0.25, 0.3) is 5.88 Å². The van der Waals surface area contributed by atoms with Crippen molar-refractivity contribution in [3.63, 3.8) is 0 Å². The Morgan fingerprint density at radius 3 is 3.07 bits per heavy atom. The Hall–Kier alpha value is -1.67. The van der Waals surface area contributed by atoms with Crippen LogP contribution in [-0.2, 0) is 4.74 Å². The summed E-state index contributed by atoms with van der Waals surface area (Å²) in [4.78, 5) is 0. The number of hydrogen-bond donors (Lipinski definition) is 0. The number of nitrogens with zero attached hydrogens (tertiary/aromatic N) is 3. The summed E-state index contributed by atoms with van der Waals surface area (Å²) >= 11 is 0. The molecule has 0 fully saturated rings. The van der Waals surface area contributed by atoms with Crippen LogP contribution < -0.4 is 4.74 Å². The zero-order chi connectivity index (χ0) is 11.1. The minimum atomic E-state index is -0.145. The molecule has 1 rings (SSSR count). The van der Waals surface area contributed by atoms with Crippen LogP contribution in [0.4, 0.5) is 0 Å². The Labute approximate surface area is 88.6 Å². The number of aromatic nitrogens is 2. The summed E-state index contributed by atoms with van der Waals surface area (Å²) in [5, 5.41) is 16.2. The average molecular weight is 207 g/mol. The van der Waals surface area contributed by atoms with Gasteiger partial charge in [0.15, 0.2) is 0 Å². The normalized spacial score (nSPS) is 11.8. The van der Waals surface area contributed by atoms with Gasteiger partial charge in [0.2, 0.25) is 0 Å². The topological polar surface area (TPSA) is 68.0 Å². The zero-order valence-corrected chi connectivity index (χ0v) is 8.80. The summed E-state index contributed by atoms with van der Waals surface area (Å²) < 4.78 is 10.6. The van der Waals surface area contributed by atoms with Gasteiger partial charge in [0.05, 0.1) is 12.8 Å². The van der Waals surface area contributed by atoms with Crippen LogP contribution in [0.15, 0.2) is 12.3 Å². The lowest BCUT2D eigenvalue weighted by Crippen LogP contribution is -2.20. The molecule has 15 heavy (non-hydrogen) atoms. The van der Waals surface area contributed by atoms with E-state index in [-0.39, 0.29) is 12.0 Å². The highest BCUT2D eigenvalue weighted by atomic mass is 16.5. The van der Waals surface area contributed by atoms with E-state index in [1.165, 1.54) is 6.20 Å². The Morgan fingerprint density at radius 2 is 2.40 bits per heavy atom. The van der Waals surface area contributed by atoms with Crippen LogP contribution in [0, 0.1) is 11.3 Å². The summed E-state index contributed by atoms with van der Waals surface area (Å²) in [6.45, 7) is 4.87. The van der Waals surface area contributed by atoms with E-state index in [0.717, 1.165) is 0 Å². The maximum Gasteiger partial charge on any atom is 0.251 e. The lowest BCUT2D eigenvalue weighted by atomic mass is 10.3. The third-order valence-electron chi connectivity index (χ3n) is 1.68. The molecule has 0 radical (unpaired) electrons. The van der Waals surface area contributed by atoms with E-state index < -0.39 is 0 Å². The van der Waals surface area contributed by atoms with Crippen molar-refractivity contribution in [2.75, 3.05) is 13.2 Å². The minimum absolute atomic E-state index is 0.145. The molecular weight excluding hydrogens is 194 g/mol. The Kier molecular flexibility index (Phi) is 4.51. The molecule has 0 bridgehead atoms. The third-order valence-corrected chi connectivity index (χ3v) is 1.68. The van der Waals surface area contributed by atoms with Gasteiger partial charge in [-0.25, -0.2) is 0 Å². The number of rotatable bonds is 5. The van der Waals surface area contributed by atoms with Crippen molar-refractivity contribution in [3.05, 3.63) is 17.8 Å². The molecule has 5 nitrogen and oxygen atoms in total. The van der Waals surface area contributed by atoms with Gasteiger partial charge in [0.1, 0.15) is 17.7 Å². The molecule has 1 aromatic rings. The molecule has 0 aromatic carbocycles. The van der Waals surface area contributed by atoms with E-state index in [4.69, 9.17) is 14.7 Å². The van der Waals surface area contributed by atoms with Crippen LogP contribution in [0.3, 0.4) is 0 Å². The van der Waals surface area contributed by atoms with E-state index in [2.05, 4.69) is 10.2 Å². The highest BCUT2D eigenvalue weighted by Gasteiger charge is 2.09. The van der Waals surface area contributed by atoms with Crippen molar-refractivity contribution in [1.82, 2.24) is 10.2 Å². The molecule has 0 saturated heterocycles. The van der Waals surface area contributed by atoms with Crippen LogP contribution in [0.25, 0.3) is 0 Å². The molecule has 0 aliphatic carbocycles. The SMILES string of the molecule is CCOCC(C)Oc1nnccc1C#N. The molecule has 0 amide bonds. The van der Waals surface area contributed by atoms with Crippen LogP contribution in [-0.4, -0.2) is 29.5 Å². The summed E-state index contributed by atoms with van der Waals surface area (Å²) in [7, 11) is 0. The van der Waals surface area contributed by atoms with E-state index in [1.807, 2.05) is 19.9 Å². The first kappa shape index (κ1) is 11.4. The summed E-state index contributed by atoms with van der Waals surface area (Å²) in [6, 6.07) is 3.55. The van der Waals surface area contributed by atoms with E-state index >= 15 is 0 Å². The molecule has 0 N–H and O–H groups in total. The highest BCUT2D eigenvalue weighted by Crippen LogP contribution is 2.13. The van der Waals surface area contributed by atoms with Crippen LogP contribution in [0.2, 0.25) is 0 Å². The van der Waals surface area contributed by atoms with Crippen LogP contribution in [0.5, 0.6) is 5.88 Å². The fourth-order valence-corrected chi connectivity index (χ4v) is 0.999. The second-order valence-electron chi connectivity index (χ2n) is 2.95. The monoisotopic (exact) mass is 207 g/mol. The molecule has 0 aliphatic rings. The van der Waals surface area contributed by atoms with Gasteiger partial charge in [-0.3, -0.25) is 0 Å². The van der Waals surface area contributed by atoms with Crippen molar-refractivity contribution in [2.24, 2.45) is 0 Å². The Balaban J connectivity index is 2.60. The van der Waals surface area contributed by atoms with Gasteiger partial charge in [-0.2, -0.15) is 10.4 Å². The first-order valence-corrected chi connectivity index (χ1v) is 4.74. The first-order valence-electron chi connectivity index (χ1n) is 4.74. The summed E-state index contributed by atoms with van der Waals surface area (Å²) in [6.07, 6.45) is 1.31. The second-order valence-corrected chi connectivity index (χ2v) is 2.95. The number of ether oxygens (including phenoxy) is 2. The predicted octanol–water partition coefficient (Wildman–Crippen LogP) is 1.15. The van der Waals surface area contributed by atoms with Crippen molar-refractivity contribution in [1.29, 1.82) is 5.26 Å². The maximum atomic E-state index is 8.78. The summed E-state index contributed by atoms with van der Waals surface area (Å²) in [5.41, 5.74) is 0.383. The van der Waals surface area contributed by atoms with Gasteiger partial charge in [-0.05, 0) is 19.9 Å². The van der Waals surface area contributed by atoms with Crippen molar-refractivity contribution < 1.29 is 9.47 Å². The molecule has 0 saturated carbocycles. The lowest BCUT2D eigenvalue weighted by Gasteiger charge is -2.13. The van der Waals surface area contributed by atoms with E-state index in [1.54, 1.807) is 6.07 Å². The third kappa shape index (κ3) is 3.52. The molecule has 1 aromatic heterocycles. The molecule has 0 spiro atoms. The van der Waals surface area contributed by atoms with Crippen molar-refractivity contribution in [3.8, 4) is 11.9 Å². The van der Waals surface area contributed by atoms with Gasteiger partial charge >= 0.3 is 0 Å². The fraction of sp³-hybridized carbons (Fsp3) is 0.500. The molecule has 80 valence electrons. The Morgan fingerprint density at radius 1 is 1.60 bits per heavy atom. The largest absolute Gasteiger partial charge is 0.470 e.